The Morgan fingerprint density at radius 2 is 1.81 bits per heavy atom. The van der Waals surface area contributed by atoms with Gasteiger partial charge in [0.25, 0.3) is 5.91 Å². The van der Waals surface area contributed by atoms with Gasteiger partial charge in [0, 0.05) is 6.54 Å². The number of rotatable bonds is 4. The summed E-state index contributed by atoms with van der Waals surface area (Å²) in [5, 5.41) is 2.65. The first kappa shape index (κ1) is 15.2. The summed E-state index contributed by atoms with van der Waals surface area (Å²) in [4.78, 5) is 11.7. The zero-order chi connectivity index (χ0) is 15.5. The van der Waals surface area contributed by atoms with Crippen molar-refractivity contribution in [2.75, 3.05) is 6.54 Å². The van der Waals surface area contributed by atoms with Crippen LogP contribution >= 0.6 is 0 Å². The predicted octanol–water partition coefficient (Wildman–Crippen LogP) is 3.58. The molecule has 3 nitrogen and oxygen atoms in total. The molecule has 0 fully saturated rings. The van der Waals surface area contributed by atoms with E-state index in [-0.39, 0.29) is 11.7 Å². The van der Waals surface area contributed by atoms with E-state index in [1.165, 1.54) is 12.1 Å². The van der Waals surface area contributed by atoms with Gasteiger partial charge in [0.15, 0.2) is 5.76 Å². The molecule has 1 aromatic carbocycles. The molecule has 0 atom stereocenters. The summed E-state index contributed by atoms with van der Waals surface area (Å²) < 4.78 is 42.4. The maximum atomic E-state index is 12.4. The molecule has 1 amide bonds. The van der Waals surface area contributed by atoms with E-state index >= 15 is 0 Å². The normalized spacial score (nSPS) is 11.4. The Hall–Kier alpha value is -2.24. The summed E-state index contributed by atoms with van der Waals surface area (Å²) in [5.74, 6) is 0.526. The second-order valence-corrected chi connectivity index (χ2v) is 4.61. The fraction of sp³-hybridized carbons (Fsp3) is 0.267. The highest BCUT2D eigenvalue weighted by Crippen LogP contribution is 2.29. The van der Waals surface area contributed by atoms with E-state index in [9.17, 15) is 18.0 Å². The summed E-state index contributed by atoms with van der Waals surface area (Å²) in [5.41, 5.74) is 0.0419. The van der Waals surface area contributed by atoms with Gasteiger partial charge in [-0.2, -0.15) is 13.2 Å². The molecule has 112 valence electrons. The molecule has 1 N–H and O–H groups in total. The number of amides is 1. The number of carbonyl (C=O) groups excluding carboxylic acids is 1. The van der Waals surface area contributed by atoms with Crippen LogP contribution in [-0.2, 0) is 12.6 Å². The van der Waals surface area contributed by atoms with Crippen molar-refractivity contribution >= 4 is 5.91 Å². The third kappa shape index (κ3) is 4.11. The number of nitrogens with one attached hydrogen (secondary N) is 1. The quantitative estimate of drug-likeness (QED) is 0.937. The summed E-state index contributed by atoms with van der Waals surface area (Å²) in [6.07, 6.45) is -3.88. The number of hydrogen-bond acceptors (Lipinski definition) is 2. The van der Waals surface area contributed by atoms with Crippen molar-refractivity contribution in [1.29, 1.82) is 0 Å². The second kappa shape index (κ2) is 6.03. The lowest BCUT2D eigenvalue weighted by Crippen LogP contribution is -2.25. The Kier molecular flexibility index (Phi) is 4.35. The third-order valence-electron chi connectivity index (χ3n) is 2.94. The molecular weight excluding hydrogens is 283 g/mol. The molecule has 2 rings (SSSR count). The lowest BCUT2D eigenvalue weighted by Gasteiger charge is -2.08. The van der Waals surface area contributed by atoms with Crippen LogP contribution in [0, 0.1) is 6.92 Å². The fourth-order valence-corrected chi connectivity index (χ4v) is 1.82. The van der Waals surface area contributed by atoms with Crippen molar-refractivity contribution in [2.45, 2.75) is 19.5 Å². The van der Waals surface area contributed by atoms with Crippen molar-refractivity contribution in [3.63, 3.8) is 0 Å². The largest absolute Gasteiger partial charge is 0.456 e. The van der Waals surface area contributed by atoms with Gasteiger partial charge in [-0.3, -0.25) is 4.79 Å². The first-order chi connectivity index (χ1) is 9.86. The van der Waals surface area contributed by atoms with Crippen LogP contribution in [0.25, 0.3) is 0 Å². The van der Waals surface area contributed by atoms with Crippen LogP contribution in [0.3, 0.4) is 0 Å². The number of alkyl halides is 3. The molecule has 1 aromatic heterocycles. The number of furan rings is 1. The predicted molar refractivity (Wildman–Crippen MR) is 70.9 cm³/mol. The van der Waals surface area contributed by atoms with Gasteiger partial charge >= 0.3 is 6.18 Å². The summed E-state index contributed by atoms with van der Waals surface area (Å²) in [6, 6.07) is 8.14. The van der Waals surface area contributed by atoms with Crippen molar-refractivity contribution in [3.05, 3.63) is 59.0 Å². The fourth-order valence-electron chi connectivity index (χ4n) is 1.82. The van der Waals surface area contributed by atoms with Crippen LogP contribution in [-0.4, -0.2) is 12.5 Å². The van der Waals surface area contributed by atoms with Crippen LogP contribution < -0.4 is 5.32 Å². The van der Waals surface area contributed by atoms with Crippen LogP contribution in [0.4, 0.5) is 13.2 Å². The molecule has 0 unspecified atom stereocenters. The zero-order valence-corrected chi connectivity index (χ0v) is 11.3. The minimum absolute atomic E-state index is 0.222. The molecule has 0 spiro atoms. The van der Waals surface area contributed by atoms with E-state index in [0.29, 0.717) is 18.7 Å². The molecular formula is C15H14F3NO2. The van der Waals surface area contributed by atoms with Gasteiger partial charge < -0.3 is 9.73 Å². The average molecular weight is 297 g/mol. The van der Waals surface area contributed by atoms with E-state index in [2.05, 4.69) is 5.32 Å². The zero-order valence-electron chi connectivity index (χ0n) is 11.3. The SMILES string of the molecule is Cc1ccc(C(=O)NCCc2ccc(C(F)(F)F)cc2)o1. The third-order valence-corrected chi connectivity index (χ3v) is 2.94. The van der Waals surface area contributed by atoms with Crippen molar-refractivity contribution in [3.8, 4) is 0 Å². The molecule has 0 radical (unpaired) electrons. The standard InChI is InChI=1S/C15H14F3NO2/c1-10-2-7-13(21-10)14(20)19-9-8-11-3-5-12(6-4-11)15(16,17)18/h2-7H,8-9H2,1H3,(H,19,20). The monoisotopic (exact) mass is 297 g/mol. The van der Waals surface area contributed by atoms with E-state index in [1.807, 2.05) is 0 Å². The summed E-state index contributed by atoms with van der Waals surface area (Å²) in [6.45, 7) is 2.06. The van der Waals surface area contributed by atoms with Crippen LogP contribution in [0.5, 0.6) is 0 Å². The molecule has 21 heavy (non-hydrogen) atoms. The second-order valence-electron chi connectivity index (χ2n) is 4.61. The van der Waals surface area contributed by atoms with Crippen molar-refractivity contribution in [2.24, 2.45) is 0 Å². The first-order valence-corrected chi connectivity index (χ1v) is 6.37. The molecule has 0 saturated heterocycles. The molecule has 0 aliphatic carbocycles. The Morgan fingerprint density at radius 3 is 2.33 bits per heavy atom. The average Bonchev–Trinajstić information content (AvgIpc) is 2.85. The van der Waals surface area contributed by atoms with Gasteiger partial charge in [-0.1, -0.05) is 12.1 Å². The van der Waals surface area contributed by atoms with Crippen molar-refractivity contribution in [1.82, 2.24) is 5.32 Å². The summed E-state index contributed by atoms with van der Waals surface area (Å²) in [7, 11) is 0. The minimum atomic E-state index is -4.33. The van der Waals surface area contributed by atoms with Gasteiger partial charge in [0.2, 0.25) is 0 Å². The van der Waals surface area contributed by atoms with Crippen molar-refractivity contribution < 1.29 is 22.4 Å². The van der Waals surface area contributed by atoms with Gasteiger partial charge in [-0.15, -0.1) is 0 Å². The Balaban J connectivity index is 1.85. The smallest absolute Gasteiger partial charge is 0.416 e. The van der Waals surface area contributed by atoms with E-state index in [1.54, 1.807) is 19.1 Å². The Bertz CT molecular complexity index is 615. The lowest BCUT2D eigenvalue weighted by atomic mass is 10.1. The first-order valence-electron chi connectivity index (χ1n) is 6.37. The molecule has 0 bridgehead atoms. The number of benzene rings is 1. The maximum absolute atomic E-state index is 12.4. The van der Waals surface area contributed by atoms with Crippen LogP contribution in [0.2, 0.25) is 0 Å². The Labute approximate surface area is 119 Å². The Morgan fingerprint density at radius 1 is 1.14 bits per heavy atom. The lowest BCUT2D eigenvalue weighted by molar-refractivity contribution is -0.137. The van der Waals surface area contributed by atoms with E-state index in [0.717, 1.165) is 17.7 Å². The van der Waals surface area contributed by atoms with E-state index in [4.69, 9.17) is 4.42 Å². The van der Waals surface area contributed by atoms with Gasteiger partial charge in [0.1, 0.15) is 5.76 Å². The molecule has 1 heterocycles. The molecule has 6 heteroatoms. The molecule has 0 saturated carbocycles. The van der Waals surface area contributed by atoms with Crippen LogP contribution in [0.15, 0.2) is 40.8 Å². The highest BCUT2D eigenvalue weighted by molar-refractivity contribution is 5.91. The van der Waals surface area contributed by atoms with E-state index < -0.39 is 11.7 Å². The summed E-state index contributed by atoms with van der Waals surface area (Å²) >= 11 is 0. The molecule has 0 aliphatic rings. The molecule has 2 aromatic rings. The molecule has 0 aliphatic heterocycles. The number of aryl methyl sites for hydroxylation is 1. The van der Waals surface area contributed by atoms with Crippen LogP contribution in [0.1, 0.15) is 27.4 Å². The number of carbonyl (C=O) groups is 1. The minimum Gasteiger partial charge on any atom is -0.456 e. The highest BCUT2D eigenvalue weighted by atomic mass is 19.4. The topological polar surface area (TPSA) is 42.2 Å². The number of halogens is 3. The maximum Gasteiger partial charge on any atom is 0.416 e. The van der Waals surface area contributed by atoms with Gasteiger partial charge in [-0.05, 0) is 43.2 Å². The highest BCUT2D eigenvalue weighted by Gasteiger charge is 2.29. The van der Waals surface area contributed by atoms with Gasteiger partial charge in [-0.25, -0.2) is 0 Å². The van der Waals surface area contributed by atoms with Gasteiger partial charge in [0.05, 0.1) is 5.56 Å². The number of hydrogen-bond donors (Lipinski definition) is 1.